The molecule has 7 heteroatoms. The van der Waals surface area contributed by atoms with Crippen molar-refractivity contribution in [2.24, 2.45) is 0 Å². The number of oxazole rings is 1. The van der Waals surface area contributed by atoms with Crippen LogP contribution >= 0.6 is 0 Å². The second-order valence-corrected chi connectivity index (χ2v) is 26.5. The standard InChI is InChI=1S/C79H67BN4O2/c1-77(2,3)55-32-29-52(30-33-55)51-25-27-53(28-26-51)76-81-67-49-69-66(48-74(67)86-76)80-65-40-38-62(82(58-21-15-11-16-22-58)59-23-17-12-18-24-59)47-68(65)83(60-36-34-56(35-37-60)78(4,5)6)70-44-57(79(7,8)9)45-71(75(70)80)84(69)61-39-42-73-64(46-61)63-43-54(31-41-72(63)85-73)50-19-13-10-14-20-50/h10-49H,1-9H3. The molecule has 4 heterocycles. The normalized spacial score (nSPS) is 13.1. The lowest BCUT2D eigenvalue weighted by Gasteiger charge is -2.45. The molecule has 15 rings (SSSR count). The Bertz CT molecular complexity index is 4700. The predicted molar refractivity (Wildman–Crippen MR) is 362 cm³/mol. The molecular formula is C79H67BN4O2. The van der Waals surface area contributed by atoms with Crippen molar-refractivity contribution in [3.8, 4) is 33.7 Å². The lowest BCUT2D eigenvalue weighted by atomic mass is 9.33. The first-order valence-corrected chi connectivity index (χ1v) is 30.1. The molecule has 0 unspecified atom stereocenters. The van der Waals surface area contributed by atoms with Crippen LogP contribution in [0, 0.1) is 0 Å². The Hall–Kier alpha value is -9.85. The van der Waals surface area contributed by atoms with Crippen molar-refractivity contribution in [2.75, 3.05) is 14.7 Å². The molecule has 2 aromatic heterocycles. The van der Waals surface area contributed by atoms with Crippen LogP contribution in [0.25, 0.3) is 66.7 Å². The number of anilines is 9. The molecule has 2 aliphatic rings. The maximum Gasteiger partial charge on any atom is 0.252 e. The molecule has 0 saturated carbocycles. The molecular weight excluding hydrogens is 1050 g/mol. The smallest absolute Gasteiger partial charge is 0.252 e. The highest BCUT2D eigenvalue weighted by Crippen LogP contribution is 2.50. The lowest BCUT2D eigenvalue weighted by Crippen LogP contribution is -2.61. The summed E-state index contributed by atoms with van der Waals surface area (Å²) in [5.74, 6) is 0.581. The van der Waals surface area contributed by atoms with Gasteiger partial charge in [0.2, 0.25) is 5.89 Å². The van der Waals surface area contributed by atoms with E-state index in [9.17, 15) is 0 Å². The summed E-state index contributed by atoms with van der Waals surface area (Å²) >= 11 is 0. The van der Waals surface area contributed by atoms with Gasteiger partial charge in [-0.1, -0.05) is 190 Å². The molecule has 0 fully saturated rings. The number of furan rings is 1. The average molecular weight is 1120 g/mol. The first kappa shape index (κ1) is 52.9. The van der Waals surface area contributed by atoms with Crippen molar-refractivity contribution >= 4 is 107 Å². The van der Waals surface area contributed by atoms with Gasteiger partial charge in [-0.3, -0.25) is 0 Å². The van der Waals surface area contributed by atoms with Crippen molar-refractivity contribution < 1.29 is 8.83 Å². The molecule has 0 spiro atoms. The van der Waals surface area contributed by atoms with E-state index in [2.05, 4.69) is 320 Å². The van der Waals surface area contributed by atoms with Gasteiger partial charge in [0.15, 0.2) is 5.58 Å². The Balaban J connectivity index is 0.978. The van der Waals surface area contributed by atoms with Gasteiger partial charge in [-0.05, 0) is 187 Å². The highest BCUT2D eigenvalue weighted by molar-refractivity contribution is 7.00. The van der Waals surface area contributed by atoms with Crippen LogP contribution in [0.2, 0.25) is 0 Å². The molecule has 0 bridgehead atoms. The van der Waals surface area contributed by atoms with Crippen molar-refractivity contribution in [3.63, 3.8) is 0 Å². The maximum absolute atomic E-state index is 7.00. The van der Waals surface area contributed by atoms with E-state index < -0.39 is 0 Å². The summed E-state index contributed by atoms with van der Waals surface area (Å²) in [5, 5.41) is 2.13. The van der Waals surface area contributed by atoms with Gasteiger partial charge in [-0.25, -0.2) is 4.98 Å². The topological polar surface area (TPSA) is 48.9 Å². The summed E-state index contributed by atoms with van der Waals surface area (Å²) < 4.78 is 13.7. The van der Waals surface area contributed by atoms with Crippen molar-refractivity contribution in [1.82, 2.24) is 4.98 Å². The Morgan fingerprint density at radius 3 is 1.44 bits per heavy atom. The van der Waals surface area contributed by atoms with Crippen LogP contribution in [0.1, 0.15) is 79.0 Å². The third kappa shape index (κ3) is 9.07. The Morgan fingerprint density at radius 2 is 0.837 bits per heavy atom. The molecule has 11 aromatic carbocycles. The van der Waals surface area contributed by atoms with E-state index in [4.69, 9.17) is 13.8 Å². The SMILES string of the molecule is CC(C)(C)c1ccc(-c2ccc(-c3nc4cc5c(cc4o3)B3c4ccc(N(c6ccccc6)c6ccccc6)cc4N(c4ccc(C(C)(C)C)cc4)c4cc(C(C)(C)C)cc(c43)N5c3ccc4oc5ccc(-c6ccccc6)cc5c4c3)cc2)cc1. The summed E-state index contributed by atoms with van der Waals surface area (Å²) in [6.07, 6.45) is 0. The fourth-order valence-electron chi connectivity index (χ4n) is 13.0. The van der Waals surface area contributed by atoms with Crippen molar-refractivity contribution in [3.05, 3.63) is 259 Å². The van der Waals surface area contributed by atoms with Crippen molar-refractivity contribution in [2.45, 2.75) is 78.6 Å². The van der Waals surface area contributed by atoms with Crippen LogP contribution in [0.4, 0.5) is 51.2 Å². The molecule has 6 nitrogen and oxygen atoms in total. The van der Waals surface area contributed by atoms with Crippen LogP contribution in [-0.2, 0) is 16.2 Å². The van der Waals surface area contributed by atoms with Gasteiger partial charge in [0, 0.05) is 67.5 Å². The number of benzene rings is 11. The monoisotopic (exact) mass is 1110 g/mol. The van der Waals surface area contributed by atoms with Crippen LogP contribution in [0.3, 0.4) is 0 Å². The van der Waals surface area contributed by atoms with Crippen LogP contribution in [0.5, 0.6) is 0 Å². The predicted octanol–water partition coefficient (Wildman–Crippen LogP) is 20.2. The first-order valence-electron chi connectivity index (χ1n) is 30.1. The second kappa shape index (κ2) is 19.9. The third-order valence-corrected chi connectivity index (χ3v) is 17.7. The number of aromatic nitrogens is 1. The van der Waals surface area contributed by atoms with E-state index >= 15 is 0 Å². The van der Waals surface area contributed by atoms with Gasteiger partial charge in [-0.15, -0.1) is 0 Å². The van der Waals surface area contributed by atoms with E-state index in [0.29, 0.717) is 5.89 Å². The molecule has 13 aromatic rings. The number of rotatable bonds is 8. The van der Waals surface area contributed by atoms with Crippen LogP contribution < -0.4 is 31.1 Å². The van der Waals surface area contributed by atoms with Gasteiger partial charge < -0.3 is 23.5 Å². The molecule has 418 valence electrons. The Morgan fingerprint density at radius 1 is 0.349 bits per heavy atom. The molecule has 0 aliphatic carbocycles. The van der Waals surface area contributed by atoms with Gasteiger partial charge >= 0.3 is 0 Å². The summed E-state index contributed by atoms with van der Waals surface area (Å²) in [4.78, 5) is 12.8. The quantitative estimate of drug-likeness (QED) is 0.141. The van der Waals surface area contributed by atoms with E-state index in [1.165, 1.54) is 33.2 Å². The molecule has 0 N–H and O–H groups in total. The molecule has 86 heavy (non-hydrogen) atoms. The number of hydrogen-bond donors (Lipinski definition) is 0. The molecule has 0 amide bonds. The third-order valence-electron chi connectivity index (χ3n) is 17.7. The van der Waals surface area contributed by atoms with E-state index in [0.717, 1.165) is 112 Å². The fourth-order valence-corrected chi connectivity index (χ4v) is 13.0. The lowest BCUT2D eigenvalue weighted by molar-refractivity contribution is 0.590. The van der Waals surface area contributed by atoms with Gasteiger partial charge in [0.25, 0.3) is 6.71 Å². The molecule has 2 aliphatic heterocycles. The van der Waals surface area contributed by atoms with Gasteiger partial charge in [0.05, 0.1) is 0 Å². The molecule has 0 saturated heterocycles. The number of hydrogen-bond acceptors (Lipinski definition) is 6. The Labute approximate surface area is 504 Å². The van der Waals surface area contributed by atoms with Gasteiger partial charge in [-0.2, -0.15) is 0 Å². The molecule has 0 atom stereocenters. The summed E-state index contributed by atoms with van der Waals surface area (Å²) in [7, 11) is 0. The van der Waals surface area contributed by atoms with Crippen LogP contribution in [-0.4, -0.2) is 11.7 Å². The largest absolute Gasteiger partial charge is 0.456 e. The number of nitrogens with zero attached hydrogens (tertiary/aromatic N) is 4. The minimum atomic E-state index is -0.233. The fraction of sp³-hybridized carbons (Fsp3) is 0.152. The minimum Gasteiger partial charge on any atom is -0.456 e. The van der Waals surface area contributed by atoms with E-state index in [1.54, 1.807) is 0 Å². The zero-order valence-electron chi connectivity index (χ0n) is 50.3. The summed E-state index contributed by atoms with van der Waals surface area (Å²) in [6, 6.07) is 88.8. The Kier molecular flexibility index (Phi) is 12.2. The minimum absolute atomic E-state index is 0.0309. The highest BCUT2D eigenvalue weighted by Gasteiger charge is 2.45. The van der Waals surface area contributed by atoms with Gasteiger partial charge in [0.1, 0.15) is 16.7 Å². The number of para-hydroxylation sites is 2. The van der Waals surface area contributed by atoms with Crippen LogP contribution in [0.15, 0.2) is 251 Å². The highest BCUT2D eigenvalue weighted by atomic mass is 16.3. The molecule has 0 radical (unpaired) electrons. The average Bonchev–Trinajstić information content (AvgIpc) is 0.855. The summed E-state index contributed by atoms with van der Waals surface area (Å²) in [5.41, 5.74) is 25.7. The summed E-state index contributed by atoms with van der Waals surface area (Å²) in [6.45, 7) is 20.4. The second-order valence-electron chi connectivity index (χ2n) is 26.5. The van der Waals surface area contributed by atoms with E-state index in [-0.39, 0.29) is 23.0 Å². The first-order chi connectivity index (χ1) is 41.5. The maximum atomic E-state index is 7.00. The number of fused-ring (bicyclic) bond motifs is 8. The zero-order chi connectivity index (χ0) is 58.8. The van der Waals surface area contributed by atoms with E-state index in [1.807, 2.05) is 0 Å². The zero-order valence-corrected chi connectivity index (χ0v) is 50.3. The van der Waals surface area contributed by atoms with Crippen molar-refractivity contribution in [1.29, 1.82) is 0 Å².